The third-order valence-corrected chi connectivity index (χ3v) is 3.13. The summed E-state index contributed by atoms with van der Waals surface area (Å²) in [5.41, 5.74) is 0. The van der Waals surface area contributed by atoms with E-state index >= 15 is 0 Å². The lowest BCUT2D eigenvalue weighted by molar-refractivity contribution is 0.578. The van der Waals surface area contributed by atoms with Gasteiger partial charge >= 0.3 is 0 Å². The number of unbranched alkanes of at least 4 members (excludes halogenated alkanes) is 8. The molecule has 24 heavy (non-hydrogen) atoms. The Hall–Kier alpha value is -1.04. The van der Waals surface area contributed by atoms with E-state index < -0.39 is 0 Å². The van der Waals surface area contributed by atoms with E-state index in [1.165, 1.54) is 57.8 Å². The van der Waals surface area contributed by atoms with Crippen LogP contribution in [0.3, 0.4) is 0 Å². The van der Waals surface area contributed by atoms with Gasteiger partial charge in [-0.2, -0.15) is 0 Å². The molecule has 0 radical (unpaired) electrons. The average Bonchev–Trinajstić information content (AvgIpc) is 2.64. The fourth-order valence-corrected chi connectivity index (χ4v) is 1.42. The molecule has 0 aliphatic rings. The van der Waals surface area contributed by atoms with Gasteiger partial charge in [0.15, 0.2) is 0 Å². The summed E-state index contributed by atoms with van der Waals surface area (Å²) in [7, 11) is 0. The normalized spacial score (nSPS) is 8.17. The molecular formula is C24H48. The summed E-state index contributed by atoms with van der Waals surface area (Å²) >= 11 is 0. The van der Waals surface area contributed by atoms with Gasteiger partial charge in [-0.1, -0.05) is 96.9 Å². The van der Waals surface area contributed by atoms with Crippen LogP contribution in [0.15, 0.2) is 50.6 Å². The molecule has 0 aromatic rings. The molecule has 0 rings (SSSR count). The largest absolute Gasteiger partial charge is 0.103 e. The minimum atomic E-state index is 1.08. The Labute approximate surface area is 155 Å². The summed E-state index contributed by atoms with van der Waals surface area (Å²) in [6.45, 7) is 22.6. The molecule has 144 valence electrons. The van der Waals surface area contributed by atoms with Crippen molar-refractivity contribution < 1.29 is 0 Å². The second kappa shape index (κ2) is 43.1. The first kappa shape index (κ1) is 30.8. The lowest BCUT2D eigenvalue weighted by Crippen LogP contribution is -1.79. The highest BCUT2D eigenvalue weighted by molar-refractivity contribution is 4.65. The van der Waals surface area contributed by atoms with Gasteiger partial charge in [0.05, 0.1) is 0 Å². The fraction of sp³-hybridized carbons (Fsp3) is 0.667. The Morgan fingerprint density at radius 2 is 0.750 bits per heavy atom. The van der Waals surface area contributed by atoms with Crippen LogP contribution in [0.4, 0.5) is 0 Å². The summed E-state index contributed by atoms with van der Waals surface area (Å²) in [5, 5.41) is 0. The van der Waals surface area contributed by atoms with Crippen LogP contribution in [-0.2, 0) is 0 Å². The summed E-state index contributed by atoms with van der Waals surface area (Å²) in [5.74, 6) is 0. The lowest BCUT2D eigenvalue weighted by Gasteiger charge is -1.99. The van der Waals surface area contributed by atoms with Crippen LogP contribution >= 0.6 is 0 Å². The van der Waals surface area contributed by atoms with Crippen LogP contribution in [0, 0.1) is 0 Å². The molecule has 0 spiro atoms. The highest BCUT2D eigenvalue weighted by Gasteiger charge is 1.89. The smallest absolute Gasteiger partial charge is 0.0353 e. The SMILES string of the molecule is C=CCC.C=CCC.C=CCC.C=CCCCCCCCCCC. The van der Waals surface area contributed by atoms with Crippen LogP contribution < -0.4 is 0 Å². The van der Waals surface area contributed by atoms with Crippen molar-refractivity contribution in [2.24, 2.45) is 0 Å². The topological polar surface area (TPSA) is 0 Å². The summed E-state index contributed by atoms with van der Waals surface area (Å²) in [6.07, 6.45) is 23.4. The first-order valence-electron chi connectivity index (χ1n) is 10.1. The molecule has 0 atom stereocenters. The average molecular weight is 337 g/mol. The van der Waals surface area contributed by atoms with E-state index in [-0.39, 0.29) is 0 Å². The number of rotatable bonds is 12. The van der Waals surface area contributed by atoms with Gasteiger partial charge in [0, 0.05) is 0 Å². The molecule has 0 aliphatic heterocycles. The minimum absolute atomic E-state index is 1.08. The van der Waals surface area contributed by atoms with Gasteiger partial charge in [0.25, 0.3) is 0 Å². The first-order valence-corrected chi connectivity index (χ1v) is 10.1. The number of hydrogen-bond donors (Lipinski definition) is 0. The van der Waals surface area contributed by atoms with Crippen LogP contribution in [-0.4, -0.2) is 0 Å². The summed E-state index contributed by atoms with van der Waals surface area (Å²) in [6, 6.07) is 0. The maximum atomic E-state index is 3.72. The van der Waals surface area contributed by atoms with Crippen molar-refractivity contribution in [3.8, 4) is 0 Å². The highest BCUT2D eigenvalue weighted by Crippen LogP contribution is 2.09. The van der Waals surface area contributed by atoms with Crippen LogP contribution in [0.2, 0.25) is 0 Å². The molecular weight excluding hydrogens is 288 g/mol. The van der Waals surface area contributed by atoms with Crippen LogP contribution in [0.1, 0.15) is 105 Å². The Balaban J connectivity index is -0.000000137. The Morgan fingerprint density at radius 1 is 0.458 bits per heavy atom. The van der Waals surface area contributed by atoms with Crippen LogP contribution in [0.5, 0.6) is 0 Å². The summed E-state index contributed by atoms with van der Waals surface area (Å²) in [4.78, 5) is 0. The van der Waals surface area contributed by atoms with E-state index in [1.54, 1.807) is 0 Å². The van der Waals surface area contributed by atoms with Crippen molar-refractivity contribution >= 4 is 0 Å². The third kappa shape index (κ3) is 69.5. The van der Waals surface area contributed by atoms with Gasteiger partial charge in [-0.05, 0) is 32.1 Å². The van der Waals surface area contributed by atoms with Gasteiger partial charge in [0.1, 0.15) is 0 Å². The monoisotopic (exact) mass is 336 g/mol. The zero-order chi connectivity index (χ0) is 19.3. The van der Waals surface area contributed by atoms with E-state index in [4.69, 9.17) is 0 Å². The fourth-order valence-electron chi connectivity index (χ4n) is 1.42. The second-order valence-corrected chi connectivity index (χ2v) is 5.64. The zero-order valence-corrected chi connectivity index (χ0v) is 17.6. The molecule has 0 aromatic heterocycles. The molecule has 0 unspecified atom stereocenters. The highest BCUT2D eigenvalue weighted by atomic mass is 14.0. The Morgan fingerprint density at radius 3 is 1.00 bits per heavy atom. The summed E-state index contributed by atoms with van der Waals surface area (Å²) < 4.78 is 0. The maximum absolute atomic E-state index is 3.72. The molecule has 0 aromatic carbocycles. The van der Waals surface area contributed by atoms with E-state index in [0.717, 1.165) is 19.3 Å². The molecule has 0 nitrogen and oxygen atoms in total. The second-order valence-electron chi connectivity index (χ2n) is 5.64. The van der Waals surface area contributed by atoms with Gasteiger partial charge < -0.3 is 0 Å². The molecule has 0 heterocycles. The molecule has 0 heteroatoms. The maximum Gasteiger partial charge on any atom is -0.0353 e. The van der Waals surface area contributed by atoms with E-state index in [0.29, 0.717) is 0 Å². The predicted molar refractivity (Wildman–Crippen MR) is 119 cm³/mol. The van der Waals surface area contributed by atoms with Gasteiger partial charge in [-0.15, -0.1) is 26.3 Å². The molecule has 0 fully saturated rings. The molecule has 0 N–H and O–H groups in total. The quantitative estimate of drug-likeness (QED) is 0.246. The first-order chi connectivity index (χ1) is 11.7. The van der Waals surface area contributed by atoms with Crippen LogP contribution in [0.25, 0.3) is 0 Å². The van der Waals surface area contributed by atoms with Crippen molar-refractivity contribution in [3.05, 3.63) is 50.6 Å². The zero-order valence-electron chi connectivity index (χ0n) is 17.6. The van der Waals surface area contributed by atoms with Crippen molar-refractivity contribution in [1.82, 2.24) is 0 Å². The third-order valence-electron chi connectivity index (χ3n) is 3.13. The molecule has 0 saturated heterocycles. The van der Waals surface area contributed by atoms with Crippen molar-refractivity contribution in [2.45, 2.75) is 105 Å². The van der Waals surface area contributed by atoms with E-state index in [2.05, 4.69) is 54.0 Å². The Bertz CT molecular complexity index is 193. The Kier molecular flexibility index (Phi) is 55.3. The molecule has 0 aliphatic carbocycles. The van der Waals surface area contributed by atoms with Crippen molar-refractivity contribution in [1.29, 1.82) is 0 Å². The number of allylic oxidation sites excluding steroid dienone is 4. The van der Waals surface area contributed by atoms with Gasteiger partial charge in [-0.3, -0.25) is 0 Å². The van der Waals surface area contributed by atoms with Gasteiger partial charge in [-0.25, -0.2) is 0 Å². The standard InChI is InChI=1S/C12H24.3C4H8/c1-3-5-7-9-11-12-10-8-6-4-2;3*1-3-4-2/h3H,1,4-12H2,2H3;3*3H,1,4H2,2H3. The predicted octanol–water partition coefficient (Wildman–Crippen LogP) is 9.45. The van der Waals surface area contributed by atoms with Crippen molar-refractivity contribution in [3.63, 3.8) is 0 Å². The minimum Gasteiger partial charge on any atom is -0.103 e. The molecule has 0 saturated carbocycles. The van der Waals surface area contributed by atoms with E-state index in [9.17, 15) is 0 Å². The van der Waals surface area contributed by atoms with E-state index in [1.807, 2.05) is 24.3 Å². The number of hydrogen-bond acceptors (Lipinski definition) is 0. The van der Waals surface area contributed by atoms with Gasteiger partial charge in [0.2, 0.25) is 0 Å². The molecule has 0 amide bonds. The lowest BCUT2D eigenvalue weighted by atomic mass is 10.1. The molecule has 0 bridgehead atoms. The van der Waals surface area contributed by atoms with Crippen molar-refractivity contribution in [2.75, 3.05) is 0 Å².